The van der Waals surface area contributed by atoms with Crippen molar-refractivity contribution in [1.29, 1.82) is 0 Å². The van der Waals surface area contributed by atoms with Gasteiger partial charge in [0.25, 0.3) is 5.91 Å². The minimum Gasteiger partial charge on any atom is -0.382 e. The second kappa shape index (κ2) is 6.91. The lowest BCUT2D eigenvalue weighted by atomic mass is 10.2. The van der Waals surface area contributed by atoms with E-state index in [9.17, 15) is 4.79 Å². The Morgan fingerprint density at radius 3 is 2.90 bits per heavy atom. The van der Waals surface area contributed by atoms with E-state index in [-0.39, 0.29) is 5.91 Å². The number of aryl methyl sites for hydroxylation is 1. The number of nitrogen functional groups attached to an aromatic ring is 1. The molecule has 0 saturated heterocycles. The molecule has 0 unspecified atom stereocenters. The van der Waals surface area contributed by atoms with Crippen LogP contribution in [-0.2, 0) is 13.0 Å². The summed E-state index contributed by atoms with van der Waals surface area (Å²) in [4.78, 5) is 20.1. The van der Waals surface area contributed by atoms with Crippen LogP contribution in [0.25, 0.3) is 0 Å². The van der Waals surface area contributed by atoms with Gasteiger partial charge in [0.15, 0.2) is 5.13 Å². The van der Waals surface area contributed by atoms with Crippen LogP contribution < -0.4 is 16.0 Å². The van der Waals surface area contributed by atoms with Crippen molar-refractivity contribution in [3.8, 4) is 0 Å². The predicted octanol–water partition coefficient (Wildman–Crippen LogP) is 2.74. The monoisotopic (exact) mass is 324 g/mol. The second-order valence-corrected chi connectivity index (χ2v) is 6.61. The molecule has 3 N–H and O–H groups in total. The van der Waals surface area contributed by atoms with Crippen LogP contribution in [0.4, 0.5) is 10.9 Å². The first kappa shape index (κ1) is 15.8. The molecule has 0 radical (unpaired) electrons. The Morgan fingerprint density at radius 1 is 1.48 bits per heavy atom. The van der Waals surface area contributed by atoms with Gasteiger partial charge in [0.2, 0.25) is 0 Å². The minimum absolute atomic E-state index is 0.156. The van der Waals surface area contributed by atoms with Crippen molar-refractivity contribution < 1.29 is 4.79 Å². The number of carbonyl (C=O) groups excluding carboxylic acids is 1. The van der Waals surface area contributed by atoms with Crippen molar-refractivity contribution in [1.82, 2.24) is 10.3 Å². The number of rotatable bonds is 6. The first-order chi connectivity index (χ1) is 10.1. The average molecular weight is 324 g/mol. The zero-order valence-electron chi connectivity index (χ0n) is 12.5. The lowest BCUT2D eigenvalue weighted by Crippen LogP contribution is -2.22. The topological polar surface area (TPSA) is 71.2 Å². The molecule has 0 aromatic carbocycles. The maximum Gasteiger partial charge on any atom is 0.265 e. The normalized spacial score (nSPS) is 10.6. The van der Waals surface area contributed by atoms with Crippen LogP contribution in [0.2, 0.25) is 0 Å². The van der Waals surface area contributed by atoms with Gasteiger partial charge in [-0.1, -0.05) is 18.3 Å². The van der Waals surface area contributed by atoms with E-state index >= 15 is 0 Å². The first-order valence-corrected chi connectivity index (χ1v) is 8.57. The molecule has 7 heteroatoms. The van der Waals surface area contributed by atoms with E-state index in [0.717, 1.165) is 18.1 Å². The number of hydrogen-bond acceptors (Lipinski definition) is 6. The molecule has 0 aliphatic heterocycles. The van der Waals surface area contributed by atoms with Crippen molar-refractivity contribution in [3.05, 3.63) is 26.8 Å². The van der Waals surface area contributed by atoms with Crippen LogP contribution >= 0.6 is 22.7 Å². The number of thiazole rings is 1. The summed E-state index contributed by atoms with van der Waals surface area (Å²) in [6.07, 6.45) is 0.975. The van der Waals surface area contributed by atoms with E-state index < -0.39 is 0 Å². The Morgan fingerprint density at radius 2 is 2.24 bits per heavy atom. The average Bonchev–Trinajstić information content (AvgIpc) is 3.09. The van der Waals surface area contributed by atoms with E-state index in [0.29, 0.717) is 17.2 Å². The third-order valence-corrected chi connectivity index (χ3v) is 5.42. The number of thiophene rings is 1. The van der Waals surface area contributed by atoms with Crippen molar-refractivity contribution in [2.24, 2.45) is 0 Å². The number of aromatic nitrogens is 1. The summed E-state index contributed by atoms with van der Waals surface area (Å²) in [5.74, 6) is 0.144. The van der Waals surface area contributed by atoms with Gasteiger partial charge >= 0.3 is 0 Å². The number of nitrogens with one attached hydrogen (secondary N) is 1. The molecule has 1 amide bonds. The van der Waals surface area contributed by atoms with E-state index in [4.69, 9.17) is 5.73 Å². The quantitative estimate of drug-likeness (QED) is 0.857. The van der Waals surface area contributed by atoms with Gasteiger partial charge in [-0.15, -0.1) is 11.3 Å². The number of hydrogen-bond donors (Lipinski definition) is 2. The molecule has 2 aromatic rings. The Hall–Kier alpha value is -1.60. The van der Waals surface area contributed by atoms with Crippen LogP contribution in [0.1, 0.15) is 34.0 Å². The lowest BCUT2D eigenvalue weighted by molar-refractivity contribution is 0.0956. The molecule has 0 atom stereocenters. The van der Waals surface area contributed by atoms with E-state index in [1.54, 1.807) is 11.3 Å². The van der Waals surface area contributed by atoms with Crippen LogP contribution in [-0.4, -0.2) is 24.5 Å². The number of nitrogens with zero attached hydrogens (tertiary/aromatic N) is 2. The zero-order chi connectivity index (χ0) is 15.4. The molecule has 2 heterocycles. The smallest absolute Gasteiger partial charge is 0.265 e. The summed E-state index contributed by atoms with van der Waals surface area (Å²) in [7, 11) is 1.93. The van der Waals surface area contributed by atoms with Crippen LogP contribution in [0.5, 0.6) is 0 Å². The minimum atomic E-state index is -0.156. The number of carbonyl (C=O) groups is 1. The predicted molar refractivity (Wildman–Crippen MR) is 90.3 cm³/mol. The molecule has 5 nitrogen and oxygen atoms in total. The molecule has 0 fully saturated rings. The summed E-state index contributed by atoms with van der Waals surface area (Å²) in [6.45, 7) is 5.50. The Kier molecular flexibility index (Phi) is 5.19. The fourth-order valence-corrected chi connectivity index (χ4v) is 3.70. The Bertz CT molecular complexity index is 620. The second-order valence-electron chi connectivity index (χ2n) is 4.63. The molecule has 0 spiro atoms. The maximum absolute atomic E-state index is 12.3. The van der Waals surface area contributed by atoms with Crippen LogP contribution in [0.3, 0.4) is 0 Å². The van der Waals surface area contributed by atoms with Crippen molar-refractivity contribution in [2.75, 3.05) is 24.2 Å². The van der Waals surface area contributed by atoms with Gasteiger partial charge in [0, 0.05) is 18.5 Å². The molecule has 0 saturated carbocycles. The number of anilines is 2. The molecule has 0 aliphatic rings. The molecule has 2 aromatic heterocycles. The van der Waals surface area contributed by atoms with Gasteiger partial charge in [0.05, 0.1) is 6.54 Å². The molecule has 21 heavy (non-hydrogen) atoms. The molecular formula is C14H20N4OS2. The molecule has 0 bridgehead atoms. The number of amides is 1. The SMILES string of the molecule is CCc1ccsc1CNC(=O)c1sc(N(C)CC)nc1N. The van der Waals surface area contributed by atoms with Crippen molar-refractivity contribution >= 4 is 39.5 Å². The van der Waals surface area contributed by atoms with Gasteiger partial charge in [0.1, 0.15) is 10.7 Å². The van der Waals surface area contributed by atoms with Gasteiger partial charge in [-0.25, -0.2) is 4.98 Å². The van der Waals surface area contributed by atoms with Gasteiger partial charge in [-0.2, -0.15) is 0 Å². The standard InChI is InChI=1S/C14H20N4OS2/c1-4-9-6-7-20-10(9)8-16-13(19)11-12(15)17-14(21-11)18(3)5-2/h6-7H,4-5,8,15H2,1-3H3,(H,16,19). The zero-order valence-corrected chi connectivity index (χ0v) is 14.1. The van der Waals surface area contributed by atoms with Crippen molar-refractivity contribution in [2.45, 2.75) is 26.8 Å². The molecular weight excluding hydrogens is 304 g/mol. The summed E-state index contributed by atoms with van der Waals surface area (Å²) >= 11 is 2.99. The van der Waals surface area contributed by atoms with Gasteiger partial charge < -0.3 is 16.0 Å². The summed E-state index contributed by atoms with van der Waals surface area (Å²) in [5.41, 5.74) is 7.14. The highest BCUT2D eigenvalue weighted by atomic mass is 32.1. The Labute approximate surface area is 132 Å². The number of nitrogens with two attached hydrogens (primary N) is 1. The highest BCUT2D eigenvalue weighted by molar-refractivity contribution is 7.18. The van der Waals surface area contributed by atoms with Crippen LogP contribution in [0.15, 0.2) is 11.4 Å². The van der Waals surface area contributed by atoms with Crippen molar-refractivity contribution in [3.63, 3.8) is 0 Å². The molecule has 2 rings (SSSR count). The third kappa shape index (κ3) is 3.54. The van der Waals surface area contributed by atoms with E-state index in [1.807, 2.05) is 18.9 Å². The summed E-state index contributed by atoms with van der Waals surface area (Å²) in [5, 5.41) is 5.75. The fourth-order valence-electron chi connectivity index (χ4n) is 1.86. The van der Waals surface area contributed by atoms with Gasteiger partial charge in [-0.05, 0) is 30.4 Å². The highest BCUT2D eigenvalue weighted by Crippen LogP contribution is 2.27. The molecule has 114 valence electrons. The molecule has 0 aliphatic carbocycles. The largest absolute Gasteiger partial charge is 0.382 e. The lowest BCUT2D eigenvalue weighted by Gasteiger charge is -2.10. The first-order valence-electron chi connectivity index (χ1n) is 6.87. The van der Waals surface area contributed by atoms with Crippen LogP contribution in [0, 0.1) is 0 Å². The van der Waals surface area contributed by atoms with E-state index in [1.165, 1.54) is 21.8 Å². The van der Waals surface area contributed by atoms with Gasteiger partial charge in [-0.3, -0.25) is 4.79 Å². The summed E-state index contributed by atoms with van der Waals surface area (Å²) < 4.78 is 0. The third-order valence-electron chi connectivity index (χ3n) is 3.28. The maximum atomic E-state index is 12.3. The Balaban J connectivity index is 2.05. The van der Waals surface area contributed by atoms with E-state index in [2.05, 4.69) is 28.7 Å². The fraction of sp³-hybridized carbons (Fsp3) is 0.429. The highest BCUT2D eigenvalue weighted by Gasteiger charge is 2.17. The summed E-state index contributed by atoms with van der Waals surface area (Å²) in [6, 6.07) is 2.10.